The molecule has 7 heteroatoms. The highest BCUT2D eigenvalue weighted by atomic mass is 32.2. The molecule has 0 saturated carbocycles. The topological polar surface area (TPSA) is 78.9 Å². The Morgan fingerprint density at radius 2 is 1.94 bits per heavy atom. The first-order valence-electron chi connectivity index (χ1n) is 10.6. The molecular formula is C25H28N2O4S. The zero-order valence-electron chi connectivity index (χ0n) is 18.1. The Bertz CT molecular complexity index is 1160. The van der Waals surface area contributed by atoms with Crippen LogP contribution in [0.15, 0.2) is 78.8 Å². The van der Waals surface area contributed by atoms with E-state index >= 15 is 0 Å². The lowest BCUT2D eigenvalue weighted by molar-refractivity contribution is 0.358. The van der Waals surface area contributed by atoms with Gasteiger partial charge >= 0.3 is 0 Å². The summed E-state index contributed by atoms with van der Waals surface area (Å²) in [6.45, 7) is 7.77. The van der Waals surface area contributed by atoms with Gasteiger partial charge in [-0.25, -0.2) is 8.42 Å². The Kier molecular flexibility index (Phi) is 6.13. The third-order valence-electron chi connectivity index (χ3n) is 6.22. The molecule has 0 bridgehead atoms. The lowest BCUT2D eigenvalue weighted by atomic mass is 9.77. The second-order valence-electron chi connectivity index (χ2n) is 8.02. The van der Waals surface area contributed by atoms with Crippen LogP contribution in [0, 0.1) is 5.92 Å². The van der Waals surface area contributed by atoms with Crippen LogP contribution in [0.3, 0.4) is 0 Å². The van der Waals surface area contributed by atoms with Crippen molar-refractivity contribution in [3.05, 3.63) is 85.0 Å². The maximum atomic E-state index is 13.2. The summed E-state index contributed by atoms with van der Waals surface area (Å²) in [7, 11) is -2.15. The fraction of sp³-hybridized carbons (Fsp3) is 0.280. The lowest BCUT2D eigenvalue weighted by Crippen LogP contribution is -2.32. The molecule has 2 N–H and O–H groups in total. The van der Waals surface area contributed by atoms with Crippen LogP contribution in [0.25, 0.3) is 0 Å². The van der Waals surface area contributed by atoms with E-state index in [1.807, 2.05) is 18.2 Å². The molecule has 1 aliphatic carbocycles. The minimum absolute atomic E-state index is 0.0456. The molecule has 0 amide bonds. The summed E-state index contributed by atoms with van der Waals surface area (Å²) < 4.78 is 33.1. The molecule has 0 aromatic heterocycles. The van der Waals surface area contributed by atoms with Crippen LogP contribution in [-0.4, -0.2) is 38.0 Å². The van der Waals surface area contributed by atoms with Crippen LogP contribution in [0.2, 0.25) is 0 Å². The summed E-state index contributed by atoms with van der Waals surface area (Å²) in [5.41, 5.74) is 2.58. The number of para-hydroxylation sites is 1. The molecule has 3 atom stereocenters. The van der Waals surface area contributed by atoms with Crippen LogP contribution in [0.4, 0.5) is 5.69 Å². The Hall–Kier alpha value is -3.03. The van der Waals surface area contributed by atoms with Crippen LogP contribution in [0.5, 0.6) is 11.5 Å². The van der Waals surface area contributed by atoms with E-state index in [-0.39, 0.29) is 41.6 Å². The van der Waals surface area contributed by atoms with Gasteiger partial charge < -0.3 is 15.2 Å². The van der Waals surface area contributed by atoms with E-state index in [0.29, 0.717) is 5.75 Å². The number of fused-ring (bicyclic) bond motifs is 3. The number of phenolic OH excluding ortho intramolecular Hbond substituents is 1. The van der Waals surface area contributed by atoms with Crippen molar-refractivity contribution in [3.63, 3.8) is 0 Å². The number of hydrogen-bond acceptors (Lipinski definition) is 5. The number of ether oxygens (including phenoxy) is 1. The maximum Gasteiger partial charge on any atom is 0.243 e. The van der Waals surface area contributed by atoms with Gasteiger partial charge in [0.1, 0.15) is 0 Å². The molecule has 32 heavy (non-hydrogen) atoms. The summed E-state index contributed by atoms with van der Waals surface area (Å²) in [5, 5.41) is 14.3. The SMILES string of the molecule is C=CCN(CC=C)S(=O)(=O)c1ccc2c(c1)C1C=CCC1C(c1cccc(OC)c1O)N2. The van der Waals surface area contributed by atoms with Gasteiger partial charge in [0.25, 0.3) is 0 Å². The maximum absolute atomic E-state index is 13.2. The Labute approximate surface area is 189 Å². The third kappa shape index (κ3) is 3.72. The number of anilines is 1. The van der Waals surface area contributed by atoms with E-state index < -0.39 is 10.0 Å². The van der Waals surface area contributed by atoms with E-state index in [4.69, 9.17) is 4.74 Å². The predicted molar refractivity (Wildman–Crippen MR) is 127 cm³/mol. The highest BCUT2D eigenvalue weighted by molar-refractivity contribution is 7.89. The Morgan fingerprint density at radius 3 is 2.62 bits per heavy atom. The number of hydrogen-bond donors (Lipinski definition) is 2. The van der Waals surface area contributed by atoms with Crippen LogP contribution in [-0.2, 0) is 10.0 Å². The molecule has 0 saturated heterocycles. The van der Waals surface area contributed by atoms with Crippen LogP contribution < -0.4 is 10.1 Å². The molecule has 2 aliphatic rings. The number of methoxy groups -OCH3 is 1. The van der Waals surface area contributed by atoms with E-state index in [9.17, 15) is 13.5 Å². The van der Waals surface area contributed by atoms with Gasteiger partial charge in [0.2, 0.25) is 10.0 Å². The molecular weight excluding hydrogens is 424 g/mol. The number of aromatic hydroxyl groups is 1. The van der Waals surface area contributed by atoms with E-state index in [1.54, 1.807) is 30.4 Å². The number of rotatable bonds is 8. The molecule has 6 nitrogen and oxygen atoms in total. The first kappa shape index (κ1) is 22.2. The predicted octanol–water partition coefficient (Wildman–Crippen LogP) is 4.59. The van der Waals surface area contributed by atoms with Crippen molar-refractivity contribution < 1.29 is 18.3 Å². The smallest absolute Gasteiger partial charge is 0.243 e. The summed E-state index contributed by atoms with van der Waals surface area (Å²) in [4.78, 5) is 0.253. The number of allylic oxidation sites excluding steroid dienone is 2. The van der Waals surface area contributed by atoms with Crippen molar-refractivity contribution in [2.24, 2.45) is 5.92 Å². The molecule has 4 rings (SSSR count). The Balaban J connectivity index is 1.75. The first-order chi connectivity index (χ1) is 15.4. The van der Waals surface area contributed by atoms with Crippen molar-refractivity contribution in [2.45, 2.75) is 23.3 Å². The standard InChI is InChI=1S/C25H28N2O4S/c1-4-14-27(15-5-2)32(29,30)17-12-13-22-21(16-17)18-8-6-9-19(18)24(26-22)20-10-7-11-23(31-3)25(20)28/h4-8,10-13,16,18-19,24,26,28H,1-2,9,14-15H2,3H3. The van der Waals surface area contributed by atoms with Gasteiger partial charge in [-0.15, -0.1) is 13.2 Å². The summed E-state index contributed by atoms with van der Waals surface area (Å²) in [6, 6.07) is 10.6. The number of nitrogens with one attached hydrogen (secondary N) is 1. The number of sulfonamides is 1. The zero-order chi connectivity index (χ0) is 22.9. The average molecular weight is 453 g/mol. The van der Waals surface area contributed by atoms with Crippen molar-refractivity contribution in [1.29, 1.82) is 0 Å². The number of nitrogens with zero attached hydrogens (tertiary/aromatic N) is 1. The van der Waals surface area contributed by atoms with Gasteiger partial charge in [-0.1, -0.05) is 36.4 Å². The molecule has 2 aromatic carbocycles. The van der Waals surface area contributed by atoms with Gasteiger partial charge in [0.15, 0.2) is 11.5 Å². The fourth-order valence-corrected chi connectivity index (χ4v) is 6.12. The molecule has 1 aliphatic heterocycles. The van der Waals surface area contributed by atoms with E-state index in [2.05, 4.69) is 30.6 Å². The molecule has 3 unspecified atom stereocenters. The molecule has 1 heterocycles. The van der Waals surface area contributed by atoms with Crippen LogP contribution in [0.1, 0.15) is 29.5 Å². The fourth-order valence-electron chi connectivity index (χ4n) is 4.70. The second-order valence-corrected chi connectivity index (χ2v) is 9.96. The zero-order valence-corrected chi connectivity index (χ0v) is 18.9. The molecule has 168 valence electrons. The van der Waals surface area contributed by atoms with Crippen LogP contribution >= 0.6 is 0 Å². The quantitative estimate of drug-likeness (QED) is 0.573. The third-order valence-corrected chi connectivity index (χ3v) is 8.05. The molecule has 0 fully saturated rings. The van der Waals surface area contributed by atoms with Gasteiger partial charge in [-0.3, -0.25) is 0 Å². The molecule has 0 spiro atoms. The normalized spacial score (nSPS) is 21.5. The summed E-state index contributed by atoms with van der Waals surface area (Å²) >= 11 is 0. The molecule has 2 aromatic rings. The van der Waals surface area contributed by atoms with Gasteiger partial charge in [-0.05, 0) is 42.2 Å². The Morgan fingerprint density at radius 1 is 1.19 bits per heavy atom. The average Bonchev–Trinajstić information content (AvgIpc) is 3.29. The van der Waals surface area contributed by atoms with E-state index in [1.165, 1.54) is 11.4 Å². The van der Waals surface area contributed by atoms with Crippen molar-refractivity contribution in [1.82, 2.24) is 4.31 Å². The summed E-state index contributed by atoms with van der Waals surface area (Å²) in [6.07, 6.45) is 8.23. The van der Waals surface area contributed by atoms with E-state index in [0.717, 1.165) is 23.2 Å². The minimum atomic E-state index is -3.69. The monoisotopic (exact) mass is 452 g/mol. The van der Waals surface area contributed by atoms with Crippen molar-refractivity contribution in [2.75, 3.05) is 25.5 Å². The van der Waals surface area contributed by atoms with Crippen molar-refractivity contribution in [3.8, 4) is 11.5 Å². The largest absolute Gasteiger partial charge is 0.504 e. The second kappa shape index (κ2) is 8.84. The highest BCUT2D eigenvalue weighted by Crippen LogP contribution is 2.52. The first-order valence-corrected chi connectivity index (χ1v) is 12.0. The number of phenols is 1. The van der Waals surface area contributed by atoms with Crippen molar-refractivity contribution >= 4 is 15.7 Å². The minimum Gasteiger partial charge on any atom is -0.504 e. The molecule has 0 radical (unpaired) electrons. The van der Waals surface area contributed by atoms with Gasteiger partial charge in [0, 0.05) is 30.3 Å². The lowest BCUT2D eigenvalue weighted by Gasteiger charge is -2.38. The highest BCUT2D eigenvalue weighted by Gasteiger charge is 2.40. The number of benzene rings is 2. The van der Waals surface area contributed by atoms with Gasteiger partial charge in [-0.2, -0.15) is 4.31 Å². The summed E-state index contributed by atoms with van der Waals surface area (Å²) in [5.74, 6) is 0.758. The van der Waals surface area contributed by atoms with Gasteiger partial charge in [0.05, 0.1) is 18.0 Å².